The van der Waals surface area contributed by atoms with Crippen molar-refractivity contribution in [3.05, 3.63) is 0 Å². The second-order valence-corrected chi connectivity index (χ2v) is 7.39. The van der Waals surface area contributed by atoms with Crippen LogP contribution in [0.5, 0.6) is 0 Å². The van der Waals surface area contributed by atoms with E-state index in [-0.39, 0.29) is 24.3 Å². The van der Waals surface area contributed by atoms with Crippen LogP contribution < -0.4 is 0 Å². The van der Waals surface area contributed by atoms with E-state index in [2.05, 4.69) is 11.7 Å². The molecule has 0 aliphatic heterocycles. The van der Waals surface area contributed by atoms with Crippen LogP contribution in [0.3, 0.4) is 0 Å². The predicted octanol–water partition coefficient (Wildman–Crippen LogP) is 6.21. The van der Waals surface area contributed by atoms with Crippen molar-refractivity contribution < 1.29 is 19.1 Å². The van der Waals surface area contributed by atoms with Crippen molar-refractivity contribution in [2.24, 2.45) is 5.92 Å². The Morgan fingerprint density at radius 3 is 1.46 bits per heavy atom. The molecule has 0 rings (SSSR count). The number of esters is 2. The zero-order valence-electron chi connectivity index (χ0n) is 17.5. The zero-order valence-corrected chi connectivity index (χ0v) is 17.5. The summed E-state index contributed by atoms with van der Waals surface area (Å²) >= 11 is 0. The van der Waals surface area contributed by atoms with Crippen LogP contribution in [0, 0.1) is 5.92 Å². The summed E-state index contributed by atoms with van der Waals surface area (Å²) in [6.07, 6.45) is 19.2. The van der Waals surface area contributed by atoms with E-state index in [9.17, 15) is 9.59 Å². The molecule has 0 amide bonds. The maximum Gasteiger partial charge on any atom is 0.309 e. The van der Waals surface area contributed by atoms with Gasteiger partial charge in [0.1, 0.15) is 0 Å². The molecule has 0 aromatic carbocycles. The third-order valence-corrected chi connectivity index (χ3v) is 5.08. The van der Waals surface area contributed by atoms with Gasteiger partial charge in [-0.05, 0) is 6.42 Å². The first-order chi connectivity index (χ1) is 12.7. The third kappa shape index (κ3) is 15.2. The quantitative estimate of drug-likeness (QED) is 0.212. The number of carbonyl (C=O) groups is 2. The summed E-state index contributed by atoms with van der Waals surface area (Å²) in [5.74, 6) is -0.999. The van der Waals surface area contributed by atoms with Gasteiger partial charge in [-0.15, -0.1) is 0 Å². The van der Waals surface area contributed by atoms with Gasteiger partial charge in [0.2, 0.25) is 0 Å². The number of ether oxygens (including phenoxy) is 2. The number of unbranched alkanes of at least 4 members (excludes halogenated alkanes) is 13. The average molecular weight is 371 g/mol. The molecular weight excluding hydrogens is 328 g/mol. The molecule has 0 N–H and O–H groups in total. The highest BCUT2D eigenvalue weighted by molar-refractivity contribution is 5.79. The summed E-state index contributed by atoms with van der Waals surface area (Å²) in [4.78, 5) is 23.1. The number of hydrogen-bond acceptors (Lipinski definition) is 4. The molecule has 4 nitrogen and oxygen atoms in total. The van der Waals surface area contributed by atoms with Gasteiger partial charge < -0.3 is 9.47 Å². The van der Waals surface area contributed by atoms with Gasteiger partial charge in [0.05, 0.1) is 26.6 Å². The first kappa shape index (κ1) is 24.9. The lowest BCUT2D eigenvalue weighted by Crippen LogP contribution is -2.20. The summed E-state index contributed by atoms with van der Waals surface area (Å²) in [6.45, 7) is 2.26. The maximum atomic E-state index is 11.7. The molecule has 0 saturated carbocycles. The SMILES string of the molecule is CCCCCCCCCCCCCCCC[C@@H](CC(=O)OC)C(=O)OC. The van der Waals surface area contributed by atoms with Crippen molar-refractivity contribution in [3.63, 3.8) is 0 Å². The van der Waals surface area contributed by atoms with E-state index in [0.717, 1.165) is 12.8 Å². The van der Waals surface area contributed by atoms with Crippen LogP contribution in [-0.2, 0) is 19.1 Å². The minimum absolute atomic E-state index is 0.127. The average Bonchev–Trinajstić information content (AvgIpc) is 2.66. The minimum Gasteiger partial charge on any atom is -0.469 e. The van der Waals surface area contributed by atoms with Crippen LogP contribution in [0.4, 0.5) is 0 Å². The fourth-order valence-corrected chi connectivity index (χ4v) is 3.34. The molecule has 0 radical (unpaired) electrons. The molecule has 0 heterocycles. The van der Waals surface area contributed by atoms with Crippen molar-refractivity contribution in [1.29, 1.82) is 0 Å². The number of carbonyl (C=O) groups excluding carboxylic acids is 2. The van der Waals surface area contributed by atoms with E-state index in [0.29, 0.717) is 6.42 Å². The molecule has 4 heteroatoms. The van der Waals surface area contributed by atoms with E-state index >= 15 is 0 Å². The fourth-order valence-electron chi connectivity index (χ4n) is 3.34. The van der Waals surface area contributed by atoms with Crippen molar-refractivity contribution in [3.8, 4) is 0 Å². The molecule has 0 spiro atoms. The third-order valence-electron chi connectivity index (χ3n) is 5.08. The number of rotatable bonds is 18. The van der Waals surface area contributed by atoms with Crippen LogP contribution in [0.2, 0.25) is 0 Å². The van der Waals surface area contributed by atoms with Gasteiger partial charge in [-0.2, -0.15) is 0 Å². The molecule has 0 fully saturated rings. The monoisotopic (exact) mass is 370 g/mol. The molecule has 0 unspecified atom stereocenters. The lowest BCUT2D eigenvalue weighted by molar-refractivity contribution is -0.152. The molecule has 0 aromatic heterocycles. The molecular formula is C22H42O4. The second kappa shape index (κ2) is 18.7. The van der Waals surface area contributed by atoms with E-state index < -0.39 is 0 Å². The molecule has 0 aliphatic carbocycles. The van der Waals surface area contributed by atoms with Crippen LogP contribution in [0.25, 0.3) is 0 Å². The smallest absolute Gasteiger partial charge is 0.309 e. The Labute approximate surface area is 161 Å². The summed E-state index contributed by atoms with van der Waals surface area (Å²) in [5, 5.41) is 0. The zero-order chi connectivity index (χ0) is 19.5. The van der Waals surface area contributed by atoms with Gasteiger partial charge in [0.25, 0.3) is 0 Å². The van der Waals surface area contributed by atoms with E-state index in [1.54, 1.807) is 0 Å². The first-order valence-electron chi connectivity index (χ1n) is 10.8. The Balaban J connectivity index is 3.47. The standard InChI is InChI=1S/C22H42O4/c1-4-5-6-7-8-9-10-11-12-13-14-15-16-17-18-20(22(24)26-3)19-21(23)25-2/h20H,4-19H2,1-3H3/t20-/m0/s1. The van der Waals surface area contributed by atoms with Crippen molar-refractivity contribution in [1.82, 2.24) is 0 Å². The largest absolute Gasteiger partial charge is 0.469 e. The van der Waals surface area contributed by atoms with Crippen molar-refractivity contribution in [2.75, 3.05) is 14.2 Å². The second-order valence-electron chi connectivity index (χ2n) is 7.39. The minimum atomic E-state index is -0.357. The lowest BCUT2D eigenvalue weighted by atomic mass is 9.97. The Morgan fingerprint density at radius 2 is 1.08 bits per heavy atom. The van der Waals surface area contributed by atoms with Gasteiger partial charge in [-0.3, -0.25) is 9.59 Å². The van der Waals surface area contributed by atoms with E-state index in [1.807, 2.05) is 0 Å². The number of hydrogen-bond donors (Lipinski definition) is 0. The van der Waals surface area contributed by atoms with Crippen molar-refractivity contribution >= 4 is 11.9 Å². The molecule has 0 aromatic rings. The molecule has 1 atom stereocenters. The summed E-state index contributed by atoms with van der Waals surface area (Å²) in [5.41, 5.74) is 0. The van der Waals surface area contributed by atoms with Gasteiger partial charge in [0.15, 0.2) is 0 Å². The highest BCUT2D eigenvalue weighted by Gasteiger charge is 2.22. The van der Waals surface area contributed by atoms with Gasteiger partial charge in [-0.25, -0.2) is 0 Å². The highest BCUT2D eigenvalue weighted by Crippen LogP contribution is 2.18. The lowest BCUT2D eigenvalue weighted by Gasteiger charge is -2.13. The normalized spacial score (nSPS) is 12.0. The van der Waals surface area contributed by atoms with E-state index in [1.165, 1.54) is 91.3 Å². The fraction of sp³-hybridized carbons (Fsp3) is 0.909. The molecule has 0 aliphatic rings. The van der Waals surface area contributed by atoms with Crippen LogP contribution in [0.15, 0.2) is 0 Å². The molecule has 154 valence electrons. The Kier molecular flexibility index (Phi) is 18.0. The van der Waals surface area contributed by atoms with Crippen LogP contribution in [0.1, 0.15) is 110 Å². The first-order valence-corrected chi connectivity index (χ1v) is 10.8. The van der Waals surface area contributed by atoms with Gasteiger partial charge in [-0.1, -0.05) is 96.8 Å². The Morgan fingerprint density at radius 1 is 0.654 bits per heavy atom. The van der Waals surface area contributed by atoms with Crippen LogP contribution >= 0.6 is 0 Å². The molecule has 0 saturated heterocycles. The number of methoxy groups -OCH3 is 2. The van der Waals surface area contributed by atoms with Gasteiger partial charge in [0, 0.05) is 0 Å². The predicted molar refractivity (Wildman–Crippen MR) is 107 cm³/mol. The maximum absolute atomic E-state index is 11.7. The van der Waals surface area contributed by atoms with E-state index in [4.69, 9.17) is 4.74 Å². The molecule has 0 bridgehead atoms. The van der Waals surface area contributed by atoms with Crippen LogP contribution in [-0.4, -0.2) is 26.2 Å². The van der Waals surface area contributed by atoms with Crippen molar-refractivity contribution in [2.45, 2.75) is 110 Å². The highest BCUT2D eigenvalue weighted by atomic mass is 16.5. The molecule has 26 heavy (non-hydrogen) atoms. The summed E-state index contributed by atoms with van der Waals surface area (Å²) in [6, 6.07) is 0. The van der Waals surface area contributed by atoms with Gasteiger partial charge >= 0.3 is 11.9 Å². The summed E-state index contributed by atoms with van der Waals surface area (Å²) in [7, 11) is 2.72. The Hall–Kier alpha value is -1.06. The topological polar surface area (TPSA) is 52.6 Å². The summed E-state index contributed by atoms with van der Waals surface area (Å²) < 4.78 is 9.43. The Bertz CT molecular complexity index is 341.